The zero-order valence-electron chi connectivity index (χ0n) is 17.7. The molecule has 2 aromatic carbocycles. The highest BCUT2D eigenvalue weighted by Crippen LogP contribution is 2.15. The molecule has 0 atom stereocenters. The minimum absolute atomic E-state index is 0.0318. The first-order chi connectivity index (χ1) is 14.4. The number of nitrogens with one attached hydrogen (secondary N) is 3. The van der Waals surface area contributed by atoms with Gasteiger partial charge in [0.25, 0.3) is 0 Å². The monoisotopic (exact) mass is 411 g/mol. The number of benzene rings is 2. The minimum Gasteiger partial charge on any atom is -0.462 e. The summed E-state index contributed by atoms with van der Waals surface area (Å²) < 4.78 is 5.08. The number of hydrogen-bond acceptors (Lipinski definition) is 5. The Kier molecular flexibility index (Phi) is 8.87. The lowest BCUT2D eigenvalue weighted by Gasteiger charge is -2.10. The number of ether oxygens (including phenoxy) is 1. The van der Waals surface area contributed by atoms with Crippen molar-refractivity contribution in [3.05, 3.63) is 54.1 Å². The molecule has 0 spiro atoms. The fourth-order valence-corrected chi connectivity index (χ4v) is 2.61. The van der Waals surface area contributed by atoms with E-state index >= 15 is 0 Å². The molecule has 0 radical (unpaired) electrons. The summed E-state index contributed by atoms with van der Waals surface area (Å²) in [7, 11) is 0. The molecule has 0 aliphatic carbocycles. The van der Waals surface area contributed by atoms with E-state index in [1.54, 1.807) is 48.5 Å². The predicted molar refractivity (Wildman–Crippen MR) is 119 cm³/mol. The van der Waals surface area contributed by atoms with Crippen LogP contribution in [0.2, 0.25) is 0 Å². The summed E-state index contributed by atoms with van der Waals surface area (Å²) in [6.45, 7) is 6.38. The summed E-state index contributed by atoms with van der Waals surface area (Å²) in [4.78, 5) is 35.7. The Bertz CT molecular complexity index is 846. The molecule has 3 N–H and O–H groups in total. The third kappa shape index (κ3) is 7.95. The number of esters is 1. The summed E-state index contributed by atoms with van der Waals surface area (Å²) in [6, 6.07) is 13.7. The van der Waals surface area contributed by atoms with Gasteiger partial charge in [0.15, 0.2) is 0 Å². The number of carbonyl (C=O) groups is 3. The van der Waals surface area contributed by atoms with Crippen LogP contribution in [0.1, 0.15) is 44.0 Å². The first-order valence-corrected chi connectivity index (χ1v) is 10.1. The van der Waals surface area contributed by atoms with E-state index in [0.717, 1.165) is 12.1 Å². The molecule has 2 aromatic rings. The SMILES string of the molecule is CCCOC(=O)c1ccc(NCC(=O)Nc2ccc(NC(=O)CC(C)C)cc2)cc1. The molecule has 30 heavy (non-hydrogen) atoms. The van der Waals surface area contributed by atoms with Gasteiger partial charge in [-0.05, 0) is 60.9 Å². The number of anilines is 3. The van der Waals surface area contributed by atoms with Crippen molar-refractivity contribution in [3.8, 4) is 0 Å². The van der Waals surface area contributed by atoms with E-state index in [4.69, 9.17) is 4.74 Å². The molecule has 2 rings (SSSR count). The molecule has 0 aromatic heterocycles. The van der Waals surface area contributed by atoms with Crippen LogP contribution < -0.4 is 16.0 Å². The third-order valence-corrected chi connectivity index (χ3v) is 4.06. The van der Waals surface area contributed by atoms with Crippen molar-refractivity contribution >= 4 is 34.8 Å². The van der Waals surface area contributed by atoms with Crippen molar-refractivity contribution in [3.63, 3.8) is 0 Å². The second-order valence-electron chi connectivity index (χ2n) is 7.34. The van der Waals surface area contributed by atoms with Gasteiger partial charge >= 0.3 is 5.97 Å². The van der Waals surface area contributed by atoms with E-state index in [0.29, 0.717) is 35.9 Å². The second kappa shape index (κ2) is 11.6. The van der Waals surface area contributed by atoms with Crippen LogP contribution in [-0.4, -0.2) is 30.9 Å². The van der Waals surface area contributed by atoms with Crippen LogP contribution in [0.15, 0.2) is 48.5 Å². The molecule has 2 amide bonds. The van der Waals surface area contributed by atoms with E-state index in [9.17, 15) is 14.4 Å². The summed E-state index contributed by atoms with van der Waals surface area (Å²) in [5.41, 5.74) is 2.52. The highest BCUT2D eigenvalue weighted by atomic mass is 16.5. The maximum absolute atomic E-state index is 12.1. The topological polar surface area (TPSA) is 96.5 Å². The average Bonchev–Trinajstić information content (AvgIpc) is 2.71. The highest BCUT2D eigenvalue weighted by molar-refractivity contribution is 5.95. The quantitative estimate of drug-likeness (QED) is 0.507. The van der Waals surface area contributed by atoms with Crippen molar-refractivity contribution in [2.45, 2.75) is 33.6 Å². The van der Waals surface area contributed by atoms with Crippen molar-refractivity contribution in [1.29, 1.82) is 0 Å². The Labute approximate surface area is 177 Å². The van der Waals surface area contributed by atoms with Crippen LogP contribution in [0.5, 0.6) is 0 Å². The summed E-state index contributed by atoms with van der Waals surface area (Å²) in [6.07, 6.45) is 1.24. The third-order valence-electron chi connectivity index (χ3n) is 4.06. The van der Waals surface area contributed by atoms with Gasteiger partial charge in [-0.2, -0.15) is 0 Å². The normalized spacial score (nSPS) is 10.4. The van der Waals surface area contributed by atoms with Gasteiger partial charge < -0.3 is 20.7 Å². The van der Waals surface area contributed by atoms with Gasteiger partial charge in [-0.25, -0.2) is 4.79 Å². The van der Waals surface area contributed by atoms with Crippen molar-refractivity contribution < 1.29 is 19.1 Å². The Hall–Kier alpha value is -3.35. The number of amides is 2. The standard InChI is InChI=1S/C23H29N3O4/c1-4-13-30-23(29)17-5-7-18(8-6-17)24-15-22(28)26-20-11-9-19(10-12-20)25-21(27)14-16(2)3/h5-12,16,24H,4,13-15H2,1-3H3,(H,25,27)(H,26,28). The lowest BCUT2D eigenvalue weighted by molar-refractivity contribution is -0.117. The van der Waals surface area contributed by atoms with E-state index < -0.39 is 0 Å². The molecule has 0 unspecified atom stereocenters. The molecule has 0 aliphatic heterocycles. The first kappa shape index (κ1) is 22.9. The molecule has 0 bridgehead atoms. The fourth-order valence-electron chi connectivity index (χ4n) is 2.61. The van der Waals surface area contributed by atoms with Crippen molar-refractivity contribution in [2.75, 3.05) is 29.1 Å². The van der Waals surface area contributed by atoms with Crippen molar-refractivity contribution in [2.24, 2.45) is 5.92 Å². The molecule has 0 saturated heterocycles. The smallest absolute Gasteiger partial charge is 0.338 e. The number of carbonyl (C=O) groups excluding carboxylic acids is 3. The minimum atomic E-state index is -0.356. The van der Waals surface area contributed by atoms with Crippen LogP contribution in [0.3, 0.4) is 0 Å². The van der Waals surface area contributed by atoms with E-state index in [2.05, 4.69) is 16.0 Å². The lowest BCUT2D eigenvalue weighted by Crippen LogP contribution is -2.21. The van der Waals surface area contributed by atoms with Crippen LogP contribution in [0.25, 0.3) is 0 Å². The van der Waals surface area contributed by atoms with Gasteiger partial charge in [0.1, 0.15) is 0 Å². The fraction of sp³-hybridized carbons (Fsp3) is 0.348. The molecule has 7 nitrogen and oxygen atoms in total. The number of hydrogen-bond donors (Lipinski definition) is 3. The largest absolute Gasteiger partial charge is 0.462 e. The zero-order valence-corrected chi connectivity index (χ0v) is 17.7. The van der Waals surface area contributed by atoms with Gasteiger partial charge in [0.2, 0.25) is 11.8 Å². The average molecular weight is 412 g/mol. The maximum atomic E-state index is 12.1. The maximum Gasteiger partial charge on any atom is 0.338 e. The van der Waals surface area contributed by atoms with E-state index in [1.165, 1.54) is 0 Å². The lowest BCUT2D eigenvalue weighted by atomic mass is 10.1. The Morgan fingerprint density at radius 3 is 1.90 bits per heavy atom. The first-order valence-electron chi connectivity index (χ1n) is 10.1. The zero-order chi connectivity index (χ0) is 21.9. The van der Waals surface area contributed by atoms with Gasteiger partial charge in [0, 0.05) is 23.5 Å². The van der Waals surface area contributed by atoms with Crippen LogP contribution in [-0.2, 0) is 14.3 Å². The van der Waals surface area contributed by atoms with E-state index in [-0.39, 0.29) is 24.3 Å². The summed E-state index contributed by atoms with van der Waals surface area (Å²) in [5.74, 6) is -0.305. The molecule has 0 aliphatic rings. The van der Waals surface area contributed by atoms with Gasteiger partial charge in [-0.1, -0.05) is 20.8 Å². The van der Waals surface area contributed by atoms with Gasteiger partial charge in [-0.15, -0.1) is 0 Å². The molecular formula is C23H29N3O4. The number of rotatable bonds is 10. The summed E-state index contributed by atoms with van der Waals surface area (Å²) >= 11 is 0. The molecular weight excluding hydrogens is 382 g/mol. The highest BCUT2D eigenvalue weighted by Gasteiger charge is 2.08. The predicted octanol–water partition coefficient (Wildman–Crippen LogP) is 4.29. The van der Waals surface area contributed by atoms with Crippen molar-refractivity contribution in [1.82, 2.24) is 0 Å². The summed E-state index contributed by atoms with van der Waals surface area (Å²) in [5, 5.41) is 8.63. The van der Waals surface area contributed by atoms with Gasteiger partial charge in [-0.3, -0.25) is 9.59 Å². The Morgan fingerprint density at radius 1 is 0.833 bits per heavy atom. The van der Waals surface area contributed by atoms with Gasteiger partial charge in [0.05, 0.1) is 18.7 Å². The van der Waals surface area contributed by atoms with Crippen LogP contribution >= 0.6 is 0 Å². The molecule has 0 saturated carbocycles. The Balaban J connectivity index is 1.79. The molecule has 0 heterocycles. The molecule has 0 fully saturated rings. The molecule has 7 heteroatoms. The van der Waals surface area contributed by atoms with Crippen LogP contribution in [0.4, 0.5) is 17.1 Å². The van der Waals surface area contributed by atoms with Crippen LogP contribution in [0, 0.1) is 5.92 Å². The second-order valence-corrected chi connectivity index (χ2v) is 7.34. The Morgan fingerprint density at radius 2 is 1.37 bits per heavy atom. The molecule has 160 valence electrons. The van der Waals surface area contributed by atoms with E-state index in [1.807, 2.05) is 20.8 Å².